The Balaban J connectivity index is 2.70. The number of thiophene rings is 1. The first-order chi connectivity index (χ1) is 7.71. The lowest BCUT2D eigenvalue weighted by Crippen LogP contribution is -2.34. The Morgan fingerprint density at radius 1 is 1.41 bits per heavy atom. The van der Waals surface area contributed by atoms with E-state index in [2.05, 4.69) is 5.32 Å². The molecule has 5 heteroatoms. The molecule has 94 valence electrons. The molecule has 0 aliphatic heterocycles. The van der Waals surface area contributed by atoms with Crippen LogP contribution in [0, 0.1) is 11.2 Å². The number of rotatable bonds is 3. The van der Waals surface area contributed by atoms with E-state index < -0.39 is 11.2 Å². The van der Waals surface area contributed by atoms with E-state index in [0.29, 0.717) is 9.75 Å². The molecule has 0 fully saturated rings. The summed E-state index contributed by atoms with van der Waals surface area (Å²) in [7, 11) is 0. The zero-order valence-electron chi connectivity index (χ0n) is 10.4. The normalized spacial score (nSPS) is 11.4. The minimum atomic E-state index is -0.503. The maximum Gasteiger partial charge on any atom is 0.225 e. The fraction of sp³-hybridized carbons (Fsp3) is 0.500. The monoisotopic (exact) mass is 257 g/mol. The number of carbonyl (C=O) groups excluding carboxylic acids is 2. The molecule has 0 bridgehead atoms. The van der Waals surface area contributed by atoms with Gasteiger partial charge in [0.2, 0.25) is 5.91 Å². The van der Waals surface area contributed by atoms with Gasteiger partial charge in [-0.2, -0.15) is 0 Å². The number of hydrogen-bond acceptors (Lipinski definition) is 3. The molecular weight excluding hydrogens is 241 g/mol. The zero-order valence-corrected chi connectivity index (χ0v) is 11.2. The molecule has 0 saturated carbocycles. The molecule has 0 aromatic carbocycles. The van der Waals surface area contributed by atoms with E-state index in [1.165, 1.54) is 13.0 Å². The highest BCUT2D eigenvalue weighted by Gasteiger charge is 2.21. The SMILES string of the molecule is CC(=O)c1cc(F)c(CNC(=O)C(C)(C)C)s1. The summed E-state index contributed by atoms with van der Waals surface area (Å²) in [5.41, 5.74) is -0.503. The predicted octanol–water partition coefficient (Wildman–Crippen LogP) is 2.75. The number of amides is 1. The molecule has 3 nitrogen and oxygen atoms in total. The Bertz CT molecular complexity index is 446. The molecule has 1 N–H and O–H groups in total. The van der Waals surface area contributed by atoms with Gasteiger partial charge in [0, 0.05) is 5.41 Å². The second-order valence-electron chi connectivity index (χ2n) is 4.87. The molecule has 0 saturated heterocycles. The van der Waals surface area contributed by atoms with Gasteiger partial charge in [-0.3, -0.25) is 9.59 Å². The molecule has 0 radical (unpaired) electrons. The number of ketones is 1. The van der Waals surface area contributed by atoms with Gasteiger partial charge in [0.1, 0.15) is 5.82 Å². The van der Waals surface area contributed by atoms with Crippen LogP contribution in [0.1, 0.15) is 42.2 Å². The Labute approximate surface area is 104 Å². The lowest BCUT2D eigenvalue weighted by molar-refractivity contribution is -0.128. The summed E-state index contributed by atoms with van der Waals surface area (Å²) in [4.78, 5) is 23.4. The quantitative estimate of drug-likeness (QED) is 0.846. The molecule has 17 heavy (non-hydrogen) atoms. The summed E-state index contributed by atoms with van der Waals surface area (Å²) in [6.07, 6.45) is 0. The molecular formula is C12H16FNO2S. The highest BCUT2D eigenvalue weighted by atomic mass is 32.1. The van der Waals surface area contributed by atoms with Crippen molar-refractivity contribution in [3.8, 4) is 0 Å². The van der Waals surface area contributed by atoms with Crippen molar-refractivity contribution in [3.05, 3.63) is 21.6 Å². The fourth-order valence-corrected chi connectivity index (χ4v) is 2.00. The molecule has 1 aromatic rings. The highest BCUT2D eigenvalue weighted by molar-refractivity contribution is 7.14. The molecule has 1 heterocycles. The molecule has 1 amide bonds. The van der Waals surface area contributed by atoms with Crippen molar-refractivity contribution in [2.24, 2.45) is 5.41 Å². The van der Waals surface area contributed by atoms with Gasteiger partial charge in [-0.25, -0.2) is 4.39 Å². The van der Waals surface area contributed by atoms with Gasteiger partial charge in [0.25, 0.3) is 0 Å². The molecule has 0 aliphatic rings. The number of nitrogens with one attached hydrogen (secondary N) is 1. The molecule has 1 aromatic heterocycles. The van der Waals surface area contributed by atoms with Crippen molar-refractivity contribution in [2.45, 2.75) is 34.2 Å². The predicted molar refractivity (Wildman–Crippen MR) is 65.6 cm³/mol. The third kappa shape index (κ3) is 3.63. The van der Waals surface area contributed by atoms with E-state index in [-0.39, 0.29) is 18.2 Å². The van der Waals surface area contributed by atoms with Crippen molar-refractivity contribution >= 4 is 23.0 Å². The van der Waals surface area contributed by atoms with Crippen LogP contribution in [0.15, 0.2) is 6.07 Å². The smallest absolute Gasteiger partial charge is 0.225 e. The first kappa shape index (κ1) is 13.8. The minimum absolute atomic E-state index is 0.125. The van der Waals surface area contributed by atoms with E-state index >= 15 is 0 Å². The van der Waals surface area contributed by atoms with Crippen LogP contribution in [-0.2, 0) is 11.3 Å². The first-order valence-corrected chi connectivity index (χ1v) is 6.11. The minimum Gasteiger partial charge on any atom is -0.351 e. The van der Waals surface area contributed by atoms with Crippen LogP contribution in [0.4, 0.5) is 4.39 Å². The Kier molecular flexibility index (Phi) is 4.03. The van der Waals surface area contributed by atoms with Crippen molar-refractivity contribution in [1.82, 2.24) is 5.32 Å². The second kappa shape index (κ2) is 4.96. The molecule has 0 unspecified atom stereocenters. The summed E-state index contributed by atoms with van der Waals surface area (Å²) in [6, 6.07) is 1.21. The Morgan fingerprint density at radius 2 is 2.00 bits per heavy atom. The van der Waals surface area contributed by atoms with E-state index in [0.717, 1.165) is 11.3 Å². The van der Waals surface area contributed by atoms with Gasteiger partial charge in [-0.1, -0.05) is 20.8 Å². The van der Waals surface area contributed by atoms with E-state index in [9.17, 15) is 14.0 Å². The number of carbonyl (C=O) groups is 2. The maximum atomic E-state index is 13.4. The van der Waals surface area contributed by atoms with Crippen LogP contribution in [0.2, 0.25) is 0 Å². The summed E-state index contributed by atoms with van der Waals surface area (Å²) in [5, 5.41) is 2.65. The Hall–Kier alpha value is -1.23. The summed E-state index contributed by atoms with van der Waals surface area (Å²) < 4.78 is 13.4. The molecule has 0 atom stereocenters. The van der Waals surface area contributed by atoms with Crippen molar-refractivity contribution < 1.29 is 14.0 Å². The highest BCUT2D eigenvalue weighted by Crippen LogP contribution is 2.22. The first-order valence-electron chi connectivity index (χ1n) is 5.29. The van der Waals surface area contributed by atoms with E-state index in [1.54, 1.807) is 20.8 Å². The van der Waals surface area contributed by atoms with Crippen LogP contribution in [0.25, 0.3) is 0 Å². The van der Waals surface area contributed by atoms with E-state index in [1.807, 2.05) is 0 Å². The van der Waals surface area contributed by atoms with Crippen molar-refractivity contribution in [2.75, 3.05) is 0 Å². The topological polar surface area (TPSA) is 46.2 Å². The lowest BCUT2D eigenvalue weighted by atomic mass is 9.96. The van der Waals surface area contributed by atoms with Gasteiger partial charge in [-0.15, -0.1) is 11.3 Å². The van der Waals surface area contributed by atoms with Gasteiger partial charge in [0.15, 0.2) is 5.78 Å². The van der Waals surface area contributed by atoms with Crippen LogP contribution >= 0.6 is 11.3 Å². The third-order valence-electron chi connectivity index (χ3n) is 2.20. The zero-order chi connectivity index (χ0) is 13.2. The van der Waals surface area contributed by atoms with Crippen molar-refractivity contribution in [3.63, 3.8) is 0 Å². The van der Waals surface area contributed by atoms with Crippen LogP contribution in [0.5, 0.6) is 0 Å². The maximum absolute atomic E-state index is 13.4. The molecule has 0 aliphatic carbocycles. The standard InChI is InChI=1S/C12H16FNO2S/c1-7(15)9-5-8(13)10(17-9)6-14-11(16)12(2,3)4/h5H,6H2,1-4H3,(H,14,16). The molecule has 1 rings (SSSR count). The average molecular weight is 257 g/mol. The molecule has 0 spiro atoms. The van der Waals surface area contributed by atoms with Crippen molar-refractivity contribution in [1.29, 1.82) is 0 Å². The van der Waals surface area contributed by atoms with Crippen LogP contribution < -0.4 is 5.32 Å². The fourth-order valence-electron chi connectivity index (χ4n) is 1.13. The van der Waals surface area contributed by atoms with Gasteiger partial charge in [0.05, 0.1) is 16.3 Å². The third-order valence-corrected chi connectivity index (χ3v) is 3.41. The second-order valence-corrected chi connectivity index (χ2v) is 6.01. The number of Topliss-reactive ketones (excluding diaryl/α,β-unsaturated/α-hetero) is 1. The Morgan fingerprint density at radius 3 is 2.41 bits per heavy atom. The van der Waals surface area contributed by atoms with Crippen LogP contribution in [-0.4, -0.2) is 11.7 Å². The summed E-state index contributed by atoms with van der Waals surface area (Å²) in [5.74, 6) is -0.744. The van der Waals surface area contributed by atoms with Gasteiger partial charge >= 0.3 is 0 Å². The van der Waals surface area contributed by atoms with Gasteiger partial charge in [-0.05, 0) is 13.0 Å². The van der Waals surface area contributed by atoms with Crippen LogP contribution in [0.3, 0.4) is 0 Å². The average Bonchev–Trinajstić information content (AvgIpc) is 2.55. The number of hydrogen-bond donors (Lipinski definition) is 1. The summed E-state index contributed by atoms with van der Waals surface area (Å²) >= 11 is 1.08. The lowest BCUT2D eigenvalue weighted by Gasteiger charge is -2.17. The number of halogens is 1. The van der Waals surface area contributed by atoms with E-state index in [4.69, 9.17) is 0 Å². The summed E-state index contributed by atoms with van der Waals surface area (Å²) in [6.45, 7) is 6.87. The largest absolute Gasteiger partial charge is 0.351 e. The van der Waals surface area contributed by atoms with Gasteiger partial charge < -0.3 is 5.32 Å².